The molecule has 2 aromatic rings. The van der Waals surface area contributed by atoms with Crippen LogP contribution in [0.1, 0.15) is 10.5 Å². The smallest absolute Gasteiger partial charge is 0.358 e. The predicted octanol–water partition coefficient (Wildman–Crippen LogP) is 0.626. The van der Waals surface area contributed by atoms with Crippen molar-refractivity contribution in [2.24, 2.45) is 0 Å². The molecule has 0 aliphatic heterocycles. The maximum absolute atomic E-state index is 10.6. The number of hydrogen-bond acceptors (Lipinski definition) is 5. The fourth-order valence-corrected chi connectivity index (χ4v) is 1.50. The molecule has 2 N–H and O–H groups in total. The molecule has 6 nitrogen and oxygen atoms in total. The molecule has 0 aromatic carbocycles. The van der Waals surface area contributed by atoms with Gasteiger partial charge < -0.3 is 5.11 Å². The summed E-state index contributed by atoms with van der Waals surface area (Å²) in [7, 11) is 0. The summed E-state index contributed by atoms with van der Waals surface area (Å²) >= 11 is 1.32. The molecule has 0 aliphatic rings. The number of hydrogen-bond donors (Lipinski definition) is 2. The zero-order valence-corrected chi connectivity index (χ0v) is 7.08. The van der Waals surface area contributed by atoms with E-state index in [4.69, 9.17) is 5.11 Å². The SMILES string of the molecule is O=C(O)c1n[nH]nc1-c1cncs1. The number of aromatic carboxylic acids is 1. The van der Waals surface area contributed by atoms with Gasteiger partial charge in [0.15, 0.2) is 5.69 Å². The first kappa shape index (κ1) is 7.87. The summed E-state index contributed by atoms with van der Waals surface area (Å²) in [6, 6.07) is 0. The van der Waals surface area contributed by atoms with E-state index in [0.717, 1.165) is 0 Å². The fourth-order valence-electron chi connectivity index (χ4n) is 0.885. The summed E-state index contributed by atoms with van der Waals surface area (Å²) in [5, 5.41) is 18.2. The van der Waals surface area contributed by atoms with Crippen LogP contribution in [0.25, 0.3) is 10.6 Å². The second-order valence-electron chi connectivity index (χ2n) is 2.19. The van der Waals surface area contributed by atoms with Gasteiger partial charge >= 0.3 is 5.97 Å². The number of H-pyrrole nitrogens is 1. The Hall–Kier alpha value is -1.76. The average Bonchev–Trinajstić information content (AvgIpc) is 2.74. The van der Waals surface area contributed by atoms with Gasteiger partial charge in [-0.05, 0) is 0 Å². The number of carboxylic acid groups (broad SMARTS) is 1. The first-order chi connectivity index (χ1) is 6.29. The monoisotopic (exact) mass is 196 g/mol. The van der Waals surface area contributed by atoms with Crippen molar-refractivity contribution >= 4 is 17.3 Å². The Morgan fingerprint density at radius 3 is 3.00 bits per heavy atom. The maximum atomic E-state index is 10.6. The minimum atomic E-state index is -1.10. The Bertz CT molecular complexity index is 422. The Morgan fingerprint density at radius 1 is 1.54 bits per heavy atom. The van der Waals surface area contributed by atoms with E-state index in [1.54, 1.807) is 11.7 Å². The quantitative estimate of drug-likeness (QED) is 0.734. The molecule has 0 unspecified atom stereocenters. The van der Waals surface area contributed by atoms with Crippen LogP contribution in [-0.4, -0.2) is 31.5 Å². The molecule has 0 atom stereocenters. The van der Waals surface area contributed by atoms with E-state index in [1.807, 2.05) is 0 Å². The number of aromatic amines is 1. The lowest BCUT2D eigenvalue weighted by Crippen LogP contribution is -1.98. The molecule has 0 amide bonds. The van der Waals surface area contributed by atoms with Gasteiger partial charge in [0.25, 0.3) is 0 Å². The number of nitrogens with zero attached hydrogens (tertiary/aromatic N) is 3. The topological polar surface area (TPSA) is 91.8 Å². The second-order valence-corrected chi connectivity index (χ2v) is 3.08. The average molecular weight is 196 g/mol. The maximum Gasteiger partial charge on any atom is 0.358 e. The van der Waals surface area contributed by atoms with Crippen LogP contribution < -0.4 is 0 Å². The van der Waals surface area contributed by atoms with Crippen molar-refractivity contribution in [3.63, 3.8) is 0 Å². The van der Waals surface area contributed by atoms with Gasteiger partial charge in [-0.1, -0.05) is 0 Å². The van der Waals surface area contributed by atoms with Crippen LogP contribution >= 0.6 is 11.3 Å². The zero-order valence-electron chi connectivity index (χ0n) is 6.26. The van der Waals surface area contributed by atoms with Crippen molar-refractivity contribution < 1.29 is 9.90 Å². The molecule has 2 rings (SSSR count). The van der Waals surface area contributed by atoms with Gasteiger partial charge in [-0.2, -0.15) is 10.3 Å². The third-order valence-electron chi connectivity index (χ3n) is 1.42. The van der Waals surface area contributed by atoms with E-state index in [0.29, 0.717) is 10.6 Å². The molecule has 2 aromatic heterocycles. The summed E-state index contributed by atoms with van der Waals surface area (Å²) < 4.78 is 0. The lowest BCUT2D eigenvalue weighted by molar-refractivity contribution is 0.0691. The van der Waals surface area contributed by atoms with Crippen molar-refractivity contribution in [2.45, 2.75) is 0 Å². The standard InChI is InChI=1S/C6H4N4O2S/c11-6(12)5-4(8-10-9-5)3-1-7-2-13-3/h1-2H,(H,11,12)(H,8,9,10). The van der Waals surface area contributed by atoms with E-state index in [9.17, 15) is 4.79 Å². The Balaban J connectivity index is 2.52. The lowest BCUT2D eigenvalue weighted by Gasteiger charge is -1.89. The predicted molar refractivity (Wildman–Crippen MR) is 44.5 cm³/mol. The van der Waals surface area contributed by atoms with Crippen molar-refractivity contribution in [1.82, 2.24) is 20.4 Å². The molecule has 7 heteroatoms. The number of rotatable bonds is 2. The third-order valence-corrected chi connectivity index (χ3v) is 2.20. The second kappa shape index (κ2) is 2.94. The highest BCUT2D eigenvalue weighted by atomic mass is 32.1. The van der Waals surface area contributed by atoms with Crippen molar-refractivity contribution in [3.8, 4) is 10.6 Å². The minimum Gasteiger partial charge on any atom is -0.476 e. The summed E-state index contributed by atoms with van der Waals surface area (Å²) in [5.74, 6) is -1.10. The molecular formula is C6H4N4O2S. The highest BCUT2D eigenvalue weighted by molar-refractivity contribution is 7.13. The van der Waals surface area contributed by atoms with Crippen LogP contribution in [0.3, 0.4) is 0 Å². The van der Waals surface area contributed by atoms with Crippen LogP contribution in [0.5, 0.6) is 0 Å². The highest BCUT2D eigenvalue weighted by Gasteiger charge is 2.17. The Morgan fingerprint density at radius 2 is 2.38 bits per heavy atom. The first-order valence-corrected chi connectivity index (χ1v) is 4.20. The largest absolute Gasteiger partial charge is 0.476 e. The zero-order chi connectivity index (χ0) is 9.26. The number of carboxylic acids is 1. The van der Waals surface area contributed by atoms with Gasteiger partial charge in [0.05, 0.1) is 10.4 Å². The highest BCUT2D eigenvalue weighted by Crippen LogP contribution is 2.22. The van der Waals surface area contributed by atoms with Gasteiger partial charge in [-0.25, -0.2) is 4.79 Å². The van der Waals surface area contributed by atoms with Crippen LogP contribution in [0.15, 0.2) is 11.7 Å². The first-order valence-electron chi connectivity index (χ1n) is 3.32. The number of aromatic nitrogens is 4. The van der Waals surface area contributed by atoms with Gasteiger partial charge in [0, 0.05) is 6.20 Å². The van der Waals surface area contributed by atoms with Crippen molar-refractivity contribution in [3.05, 3.63) is 17.4 Å². The van der Waals surface area contributed by atoms with E-state index < -0.39 is 5.97 Å². The van der Waals surface area contributed by atoms with Gasteiger partial charge in [0.2, 0.25) is 0 Å². The van der Waals surface area contributed by atoms with E-state index in [-0.39, 0.29) is 5.69 Å². The normalized spacial score (nSPS) is 10.2. The molecule has 0 aliphatic carbocycles. The molecule has 0 radical (unpaired) electrons. The Labute approximate surface area is 76.3 Å². The molecule has 0 saturated carbocycles. The van der Waals surface area contributed by atoms with Crippen molar-refractivity contribution in [1.29, 1.82) is 0 Å². The number of thiazole rings is 1. The Kier molecular flexibility index (Phi) is 1.78. The van der Waals surface area contributed by atoms with Crippen molar-refractivity contribution in [2.75, 3.05) is 0 Å². The molecule has 2 heterocycles. The van der Waals surface area contributed by atoms with E-state index in [2.05, 4.69) is 20.4 Å². The molecular weight excluding hydrogens is 192 g/mol. The molecule has 66 valence electrons. The third kappa shape index (κ3) is 1.29. The summed E-state index contributed by atoms with van der Waals surface area (Å²) in [6.07, 6.45) is 1.55. The van der Waals surface area contributed by atoms with E-state index >= 15 is 0 Å². The molecule has 0 bridgehead atoms. The van der Waals surface area contributed by atoms with E-state index in [1.165, 1.54) is 11.3 Å². The minimum absolute atomic E-state index is 0.0794. The van der Waals surface area contributed by atoms with Crippen LogP contribution in [0.2, 0.25) is 0 Å². The van der Waals surface area contributed by atoms with Crippen LogP contribution in [-0.2, 0) is 0 Å². The molecule has 13 heavy (non-hydrogen) atoms. The number of carbonyl (C=O) groups is 1. The molecule has 0 spiro atoms. The van der Waals surface area contributed by atoms with Gasteiger partial charge in [-0.3, -0.25) is 4.98 Å². The molecule has 0 fully saturated rings. The number of nitrogens with one attached hydrogen (secondary N) is 1. The summed E-state index contributed by atoms with van der Waals surface area (Å²) in [5.41, 5.74) is 1.86. The summed E-state index contributed by atoms with van der Waals surface area (Å²) in [6.45, 7) is 0. The van der Waals surface area contributed by atoms with Gasteiger partial charge in [0.1, 0.15) is 5.69 Å². The lowest BCUT2D eigenvalue weighted by atomic mass is 10.3. The van der Waals surface area contributed by atoms with Crippen LogP contribution in [0, 0.1) is 0 Å². The van der Waals surface area contributed by atoms with Crippen LogP contribution in [0.4, 0.5) is 0 Å². The molecule has 0 saturated heterocycles. The van der Waals surface area contributed by atoms with Gasteiger partial charge in [-0.15, -0.1) is 16.4 Å². The fraction of sp³-hybridized carbons (Fsp3) is 0. The summed E-state index contributed by atoms with van der Waals surface area (Å²) in [4.78, 5) is 15.1.